The summed E-state index contributed by atoms with van der Waals surface area (Å²) in [6, 6.07) is 9.40. The molecule has 1 N–H and O–H groups in total. The minimum absolute atomic E-state index is 0.315. The van der Waals surface area contributed by atoms with Crippen LogP contribution < -0.4 is 14.2 Å². The fourth-order valence-electron chi connectivity index (χ4n) is 2.55. The SMILES string of the molecule is COc1cc(CC(C)(O)c2ccc(F)cc2)cc(OC)c1OC. The number of benzene rings is 2. The van der Waals surface area contributed by atoms with E-state index in [1.165, 1.54) is 19.2 Å². The van der Waals surface area contributed by atoms with Gasteiger partial charge in [-0.05, 0) is 42.3 Å². The Balaban J connectivity index is 2.36. The van der Waals surface area contributed by atoms with Crippen molar-refractivity contribution >= 4 is 0 Å². The summed E-state index contributed by atoms with van der Waals surface area (Å²) < 4.78 is 29.0. The molecule has 0 aliphatic carbocycles. The highest BCUT2D eigenvalue weighted by Crippen LogP contribution is 2.39. The Morgan fingerprint density at radius 1 is 0.957 bits per heavy atom. The lowest BCUT2D eigenvalue weighted by atomic mass is 9.89. The highest BCUT2D eigenvalue weighted by Gasteiger charge is 2.25. The number of ether oxygens (including phenoxy) is 3. The summed E-state index contributed by atoms with van der Waals surface area (Å²) in [4.78, 5) is 0. The molecule has 0 spiro atoms. The topological polar surface area (TPSA) is 47.9 Å². The fourth-order valence-corrected chi connectivity index (χ4v) is 2.55. The lowest BCUT2D eigenvalue weighted by molar-refractivity contribution is 0.0574. The zero-order valence-electron chi connectivity index (χ0n) is 13.7. The first-order valence-electron chi connectivity index (χ1n) is 7.18. The minimum Gasteiger partial charge on any atom is -0.493 e. The Labute approximate surface area is 135 Å². The summed E-state index contributed by atoms with van der Waals surface area (Å²) in [5, 5.41) is 10.7. The molecule has 1 atom stereocenters. The van der Waals surface area contributed by atoms with Crippen molar-refractivity contribution < 1.29 is 23.7 Å². The van der Waals surface area contributed by atoms with Crippen LogP contribution in [0.2, 0.25) is 0 Å². The lowest BCUT2D eigenvalue weighted by Crippen LogP contribution is -2.24. The van der Waals surface area contributed by atoms with Gasteiger partial charge in [0.15, 0.2) is 11.5 Å². The van der Waals surface area contributed by atoms with Crippen LogP contribution in [-0.2, 0) is 12.0 Å². The number of hydrogen-bond donors (Lipinski definition) is 1. The van der Waals surface area contributed by atoms with E-state index in [4.69, 9.17) is 14.2 Å². The molecule has 0 fully saturated rings. The van der Waals surface area contributed by atoms with E-state index in [1.54, 1.807) is 45.4 Å². The van der Waals surface area contributed by atoms with Crippen LogP contribution in [0.3, 0.4) is 0 Å². The van der Waals surface area contributed by atoms with Crippen LogP contribution in [0.5, 0.6) is 17.2 Å². The third kappa shape index (κ3) is 3.74. The van der Waals surface area contributed by atoms with Gasteiger partial charge in [0.1, 0.15) is 5.82 Å². The van der Waals surface area contributed by atoms with E-state index in [9.17, 15) is 9.50 Å². The summed E-state index contributed by atoms with van der Waals surface area (Å²) in [7, 11) is 4.62. The third-order valence-corrected chi connectivity index (χ3v) is 3.74. The number of hydrogen-bond acceptors (Lipinski definition) is 4. The maximum atomic E-state index is 13.1. The maximum Gasteiger partial charge on any atom is 0.203 e. The van der Waals surface area contributed by atoms with Crippen LogP contribution in [-0.4, -0.2) is 26.4 Å². The number of methoxy groups -OCH3 is 3. The van der Waals surface area contributed by atoms with E-state index < -0.39 is 5.60 Å². The molecule has 0 amide bonds. The molecule has 0 saturated heterocycles. The molecule has 5 heteroatoms. The molecule has 2 rings (SSSR count). The van der Waals surface area contributed by atoms with Crippen molar-refractivity contribution in [3.8, 4) is 17.2 Å². The number of aliphatic hydroxyl groups is 1. The van der Waals surface area contributed by atoms with E-state index in [0.29, 0.717) is 29.2 Å². The van der Waals surface area contributed by atoms with Crippen molar-refractivity contribution in [1.82, 2.24) is 0 Å². The van der Waals surface area contributed by atoms with Gasteiger partial charge in [0, 0.05) is 6.42 Å². The average Bonchev–Trinajstić information content (AvgIpc) is 2.53. The molecule has 0 radical (unpaired) electrons. The van der Waals surface area contributed by atoms with E-state index in [0.717, 1.165) is 5.56 Å². The van der Waals surface area contributed by atoms with Crippen LogP contribution in [0.4, 0.5) is 4.39 Å². The van der Waals surface area contributed by atoms with Crippen LogP contribution >= 0.6 is 0 Å². The number of rotatable bonds is 6. The van der Waals surface area contributed by atoms with Crippen molar-refractivity contribution in [2.45, 2.75) is 18.9 Å². The Bertz CT molecular complexity index is 640. The van der Waals surface area contributed by atoms with Crippen molar-refractivity contribution in [3.05, 3.63) is 53.3 Å². The molecule has 124 valence electrons. The van der Waals surface area contributed by atoms with Crippen LogP contribution in [0.1, 0.15) is 18.1 Å². The van der Waals surface area contributed by atoms with Crippen LogP contribution in [0, 0.1) is 5.82 Å². The molecule has 2 aromatic rings. The van der Waals surface area contributed by atoms with Gasteiger partial charge in [0.2, 0.25) is 5.75 Å². The van der Waals surface area contributed by atoms with Gasteiger partial charge in [-0.15, -0.1) is 0 Å². The van der Waals surface area contributed by atoms with Gasteiger partial charge in [0.25, 0.3) is 0 Å². The van der Waals surface area contributed by atoms with E-state index in [2.05, 4.69) is 0 Å². The third-order valence-electron chi connectivity index (χ3n) is 3.74. The first-order valence-corrected chi connectivity index (χ1v) is 7.18. The second kappa shape index (κ2) is 6.87. The van der Waals surface area contributed by atoms with Crippen molar-refractivity contribution in [2.75, 3.05) is 21.3 Å². The average molecular weight is 320 g/mol. The molecule has 1 unspecified atom stereocenters. The minimum atomic E-state index is -1.15. The summed E-state index contributed by atoms with van der Waals surface area (Å²) in [6.45, 7) is 1.68. The molecule has 0 aromatic heterocycles. The van der Waals surface area contributed by atoms with Gasteiger partial charge in [0.05, 0.1) is 26.9 Å². The molecule has 0 saturated carbocycles. The van der Waals surface area contributed by atoms with Crippen LogP contribution in [0.25, 0.3) is 0 Å². The molecule has 4 nitrogen and oxygen atoms in total. The van der Waals surface area contributed by atoms with Gasteiger partial charge in [-0.2, -0.15) is 0 Å². The van der Waals surface area contributed by atoms with Gasteiger partial charge >= 0.3 is 0 Å². The normalized spacial score (nSPS) is 13.3. The zero-order chi connectivity index (χ0) is 17.0. The maximum absolute atomic E-state index is 13.1. The van der Waals surface area contributed by atoms with Crippen LogP contribution in [0.15, 0.2) is 36.4 Å². The second-order valence-electron chi connectivity index (χ2n) is 5.49. The van der Waals surface area contributed by atoms with Gasteiger partial charge in [-0.1, -0.05) is 12.1 Å². The molecular weight excluding hydrogens is 299 g/mol. The molecule has 0 aliphatic rings. The number of halogens is 1. The molecule has 0 bridgehead atoms. The summed E-state index contributed by atoms with van der Waals surface area (Å²) in [5.41, 5.74) is 0.291. The Morgan fingerprint density at radius 2 is 1.48 bits per heavy atom. The van der Waals surface area contributed by atoms with Crippen molar-refractivity contribution in [3.63, 3.8) is 0 Å². The quantitative estimate of drug-likeness (QED) is 0.887. The molecule has 0 heterocycles. The monoisotopic (exact) mass is 320 g/mol. The first-order chi connectivity index (χ1) is 10.9. The van der Waals surface area contributed by atoms with E-state index >= 15 is 0 Å². The summed E-state index contributed by atoms with van der Waals surface area (Å²) in [5.74, 6) is 1.21. The lowest BCUT2D eigenvalue weighted by Gasteiger charge is -2.25. The zero-order valence-corrected chi connectivity index (χ0v) is 13.7. The highest BCUT2D eigenvalue weighted by atomic mass is 19.1. The standard InChI is InChI=1S/C18H21FO4/c1-18(20,13-5-7-14(19)8-6-13)11-12-9-15(21-2)17(23-4)16(10-12)22-3/h5-10,20H,11H2,1-4H3. The molecule has 23 heavy (non-hydrogen) atoms. The summed E-state index contributed by atoms with van der Waals surface area (Å²) in [6.07, 6.45) is 0.315. The highest BCUT2D eigenvalue weighted by molar-refractivity contribution is 5.54. The smallest absolute Gasteiger partial charge is 0.203 e. The predicted octanol–water partition coefficient (Wildman–Crippen LogP) is 3.30. The molecule has 0 aliphatic heterocycles. The Morgan fingerprint density at radius 3 is 1.91 bits per heavy atom. The van der Waals surface area contributed by atoms with E-state index in [1.807, 2.05) is 0 Å². The second-order valence-corrected chi connectivity index (χ2v) is 5.49. The van der Waals surface area contributed by atoms with Gasteiger partial charge in [-0.25, -0.2) is 4.39 Å². The van der Waals surface area contributed by atoms with Crippen molar-refractivity contribution in [2.24, 2.45) is 0 Å². The molecular formula is C18H21FO4. The summed E-state index contributed by atoms with van der Waals surface area (Å²) >= 11 is 0. The predicted molar refractivity (Wildman–Crippen MR) is 85.8 cm³/mol. The Hall–Kier alpha value is -2.27. The van der Waals surface area contributed by atoms with Crippen molar-refractivity contribution in [1.29, 1.82) is 0 Å². The van der Waals surface area contributed by atoms with Gasteiger partial charge < -0.3 is 19.3 Å². The first kappa shape index (κ1) is 17.1. The Kier molecular flexibility index (Phi) is 5.11. The fraction of sp³-hybridized carbons (Fsp3) is 0.333. The largest absolute Gasteiger partial charge is 0.493 e. The van der Waals surface area contributed by atoms with E-state index in [-0.39, 0.29) is 5.82 Å². The van der Waals surface area contributed by atoms with Gasteiger partial charge in [-0.3, -0.25) is 0 Å². The molecule has 2 aromatic carbocycles.